The molecular formula is C14H16ClN5OS. The van der Waals surface area contributed by atoms with E-state index < -0.39 is 5.91 Å². The van der Waals surface area contributed by atoms with Gasteiger partial charge in [-0.15, -0.1) is 0 Å². The van der Waals surface area contributed by atoms with Gasteiger partial charge in [0.25, 0.3) is 5.91 Å². The topological polar surface area (TPSA) is 71.0 Å². The molecule has 1 aromatic heterocycles. The molecule has 22 heavy (non-hydrogen) atoms. The zero-order valence-corrected chi connectivity index (χ0v) is 13.7. The zero-order chi connectivity index (χ0) is 16.1. The summed E-state index contributed by atoms with van der Waals surface area (Å²) in [5.41, 5.74) is 6.48. The van der Waals surface area contributed by atoms with E-state index in [2.05, 4.69) is 21.3 Å². The normalized spacial score (nSPS) is 11.6. The zero-order valence-electron chi connectivity index (χ0n) is 12.1. The van der Waals surface area contributed by atoms with Gasteiger partial charge in [-0.1, -0.05) is 41.9 Å². The number of carbonyl (C=O) groups excluding carboxylic acids is 1. The Bertz CT molecular complexity index is 654. The summed E-state index contributed by atoms with van der Waals surface area (Å²) >= 11 is 11.1. The maximum Gasteiger partial charge on any atom is 0.289 e. The Morgan fingerprint density at radius 3 is 2.59 bits per heavy atom. The molecule has 1 amide bonds. The van der Waals surface area contributed by atoms with Crippen LogP contribution in [0, 0.1) is 0 Å². The van der Waals surface area contributed by atoms with Crippen molar-refractivity contribution >= 4 is 34.8 Å². The highest BCUT2D eigenvalue weighted by molar-refractivity contribution is 7.80. The molecule has 0 unspecified atom stereocenters. The number of aryl methyl sites for hydroxylation is 1. The number of amides is 1. The Labute approximate surface area is 138 Å². The molecule has 1 heterocycles. The highest BCUT2D eigenvalue weighted by Gasteiger charge is 2.15. The van der Waals surface area contributed by atoms with Crippen LogP contribution in [0.3, 0.4) is 0 Å². The molecule has 116 valence electrons. The van der Waals surface area contributed by atoms with Crippen LogP contribution in [0.25, 0.3) is 0 Å². The molecule has 0 saturated carbocycles. The number of hydrazine groups is 1. The number of benzene rings is 1. The van der Waals surface area contributed by atoms with Crippen molar-refractivity contribution in [3.8, 4) is 0 Å². The number of carbonyl (C=O) groups is 1. The lowest BCUT2D eigenvalue weighted by molar-refractivity contribution is 0.0934. The fraction of sp³-hybridized carbons (Fsp3) is 0.214. The maximum absolute atomic E-state index is 12.0. The Hall–Kier alpha value is -2.12. The molecule has 2 rings (SSSR count). The highest BCUT2D eigenvalue weighted by Crippen LogP contribution is 2.13. The number of halogens is 1. The Kier molecular flexibility index (Phi) is 5.35. The maximum atomic E-state index is 12.0. The first-order valence-electron chi connectivity index (χ1n) is 6.58. The fourth-order valence-corrected chi connectivity index (χ4v) is 2.38. The average Bonchev–Trinajstić information content (AvgIpc) is 2.85. The molecule has 0 saturated heterocycles. The van der Waals surface area contributed by atoms with Crippen LogP contribution in [0.1, 0.15) is 29.0 Å². The van der Waals surface area contributed by atoms with E-state index in [1.807, 2.05) is 37.3 Å². The van der Waals surface area contributed by atoms with Crippen LogP contribution >= 0.6 is 23.8 Å². The van der Waals surface area contributed by atoms with Crippen molar-refractivity contribution in [2.75, 3.05) is 0 Å². The van der Waals surface area contributed by atoms with Gasteiger partial charge in [0.05, 0.1) is 17.3 Å². The van der Waals surface area contributed by atoms with E-state index in [0.717, 1.165) is 5.56 Å². The monoisotopic (exact) mass is 337 g/mol. The van der Waals surface area contributed by atoms with Gasteiger partial charge in [0.15, 0.2) is 5.11 Å². The van der Waals surface area contributed by atoms with Gasteiger partial charge < -0.3 is 5.32 Å². The lowest BCUT2D eigenvalue weighted by Gasteiger charge is -2.17. The van der Waals surface area contributed by atoms with Crippen molar-refractivity contribution in [1.29, 1.82) is 0 Å². The van der Waals surface area contributed by atoms with E-state index in [-0.39, 0.29) is 16.8 Å². The largest absolute Gasteiger partial charge is 0.355 e. The van der Waals surface area contributed by atoms with Crippen LogP contribution < -0.4 is 16.2 Å². The number of nitrogens with one attached hydrogen (secondary N) is 3. The first-order valence-corrected chi connectivity index (χ1v) is 7.37. The second-order valence-electron chi connectivity index (χ2n) is 4.65. The van der Waals surface area contributed by atoms with Crippen LogP contribution in [0.5, 0.6) is 0 Å². The summed E-state index contributed by atoms with van der Waals surface area (Å²) in [6, 6.07) is 9.86. The van der Waals surface area contributed by atoms with Crippen molar-refractivity contribution in [3.05, 3.63) is 52.8 Å². The van der Waals surface area contributed by atoms with Gasteiger partial charge >= 0.3 is 0 Å². The summed E-state index contributed by atoms with van der Waals surface area (Å²) in [6.45, 7) is 1.98. The SMILES string of the molecule is C[C@H](NC(=S)NNC(=O)c1c(Cl)cnn1C)c1ccccc1. The van der Waals surface area contributed by atoms with E-state index in [9.17, 15) is 4.79 Å². The van der Waals surface area contributed by atoms with Gasteiger partial charge in [-0.2, -0.15) is 5.10 Å². The minimum absolute atomic E-state index is 0.0124. The molecule has 8 heteroatoms. The molecule has 1 aromatic carbocycles. The lowest BCUT2D eigenvalue weighted by Crippen LogP contribution is -2.47. The minimum Gasteiger partial charge on any atom is -0.355 e. The van der Waals surface area contributed by atoms with Crippen molar-refractivity contribution < 1.29 is 4.79 Å². The predicted molar refractivity (Wildman–Crippen MR) is 89.4 cm³/mol. The average molecular weight is 338 g/mol. The molecule has 1 atom stereocenters. The molecule has 0 bridgehead atoms. The van der Waals surface area contributed by atoms with Crippen LogP contribution in [0.15, 0.2) is 36.5 Å². The molecule has 3 N–H and O–H groups in total. The quantitative estimate of drug-likeness (QED) is 0.590. The van der Waals surface area contributed by atoms with Crippen molar-refractivity contribution in [1.82, 2.24) is 25.9 Å². The van der Waals surface area contributed by atoms with Gasteiger partial charge in [-0.05, 0) is 24.7 Å². The highest BCUT2D eigenvalue weighted by atomic mass is 35.5. The van der Waals surface area contributed by atoms with Crippen LogP contribution in [0.4, 0.5) is 0 Å². The second-order valence-corrected chi connectivity index (χ2v) is 5.47. The Morgan fingerprint density at radius 1 is 1.32 bits per heavy atom. The minimum atomic E-state index is -0.415. The lowest BCUT2D eigenvalue weighted by atomic mass is 10.1. The molecule has 0 aliphatic rings. The summed E-state index contributed by atoms with van der Waals surface area (Å²) < 4.78 is 1.39. The molecule has 0 radical (unpaired) electrons. The summed E-state index contributed by atoms with van der Waals surface area (Å²) in [4.78, 5) is 12.0. The number of hydrogen-bond donors (Lipinski definition) is 3. The Morgan fingerprint density at radius 2 is 2.00 bits per heavy atom. The molecule has 0 aliphatic heterocycles. The third kappa shape index (κ3) is 3.96. The van der Waals surface area contributed by atoms with Crippen LogP contribution in [-0.4, -0.2) is 20.8 Å². The summed E-state index contributed by atoms with van der Waals surface area (Å²) in [7, 11) is 1.63. The van der Waals surface area contributed by atoms with Crippen LogP contribution in [-0.2, 0) is 7.05 Å². The van der Waals surface area contributed by atoms with Gasteiger partial charge in [-0.3, -0.25) is 20.3 Å². The van der Waals surface area contributed by atoms with E-state index in [0.29, 0.717) is 5.11 Å². The fourth-order valence-electron chi connectivity index (χ4n) is 1.90. The van der Waals surface area contributed by atoms with Gasteiger partial charge in [0.2, 0.25) is 0 Å². The summed E-state index contributed by atoms with van der Waals surface area (Å²) in [5.74, 6) is -0.415. The molecule has 0 spiro atoms. The first-order chi connectivity index (χ1) is 10.5. The van der Waals surface area contributed by atoms with E-state index in [4.69, 9.17) is 23.8 Å². The number of aromatic nitrogens is 2. The third-order valence-corrected chi connectivity index (χ3v) is 3.54. The van der Waals surface area contributed by atoms with Gasteiger partial charge in [-0.25, -0.2) is 0 Å². The predicted octanol–water partition coefficient (Wildman–Crippen LogP) is 1.94. The molecule has 0 aliphatic carbocycles. The standard InChI is InChI=1S/C14H16ClN5OS/c1-9(10-6-4-3-5-7-10)17-14(22)19-18-13(21)12-11(15)8-16-20(12)2/h3-9H,1-2H3,(H,18,21)(H2,17,19,22)/t9-/m0/s1. The van der Waals surface area contributed by atoms with E-state index >= 15 is 0 Å². The van der Waals surface area contributed by atoms with Crippen molar-refractivity contribution in [3.63, 3.8) is 0 Å². The third-order valence-electron chi connectivity index (χ3n) is 3.05. The van der Waals surface area contributed by atoms with E-state index in [1.165, 1.54) is 10.9 Å². The molecule has 6 nitrogen and oxygen atoms in total. The molecule has 2 aromatic rings. The second kappa shape index (κ2) is 7.24. The van der Waals surface area contributed by atoms with Crippen LogP contribution in [0.2, 0.25) is 5.02 Å². The number of thiocarbonyl (C=S) groups is 1. The summed E-state index contributed by atoms with van der Waals surface area (Å²) in [5, 5.41) is 7.56. The smallest absolute Gasteiger partial charge is 0.289 e. The molecule has 0 fully saturated rings. The first kappa shape index (κ1) is 16.3. The van der Waals surface area contributed by atoms with Crippen molar-refractivity contribution in [2.45, 2.75) is 13.0 Å². The Balaban J connectivity index is 1.87. The van der Waals surface area contributed by atoms with Gasteiger partial charge in [0, 0.05) is 7.05 Å². The summed E-state index contributed by atoms with van der Waals surface area (Å²) in [6.07, 6.45) is 1.41. The van der Waals surface area contributed by atoms with Gasteiger partial charge in [0.1, 0.15) is 5.69 Å². The number of hydrogen-bond acceptors (Lipinski definition) is 3. The molecular weight excluding hydrogens is 322 g/mol. The van der Waals surface area contributed by atoms with E-state index in [1.54, 1.807) is 7.05 Å². The number of nitrogens with zero attached hydrogens (tertiary/aromatic N) is 2. The number of rotatable bonds is 3. The van der Waals surface area contributed by atoms with Crippen molar-refractivity contribution in [2.24, 2.45) is 7.05 Å².